The van der Waals surface area contributed by atoms with Gasteiger partial charge >= 0.3 is 0 Å². The van der Waals surface area contributed by atoms with Gasteiger partial charge in [0.15, 0.2) is 0 Å². The maximum absolute atomic E-state index is 12.0. The Kier molecular flexibility index (Phi) is 3.52. The number of aromatic nitrogens is 2. The SMILES string of the molecule is Cc1cc(NC(=O)c2ccnn2C)cc(C)c1Br. The number of hydrogen-bond acceptors (Lipinski definition) is 2. The first-order valence-electron chi connectivity index (χ1n) is 5.55. The van der Waals surface area contributed by atoms with Gasteiger partial charge in [-0.15, -0.1) is 0 Å². The molecule has 0 aliphatic rings. The quantitative estimate of drug-likeness (QED) is 0.927. The van der Waals surface area contributed by atoms with Crippen molar-refractivity contribution in [3.8, 4) is 0 Å². The summed E-state index contributed by atoms with van der Waals surface area (Å²) in [6.45, 7) is 3.99. The number of aryl methyl sites for hydroxylation is 3. The Bertz CT molecular complexity index is 581. The van der Waals surface area contributed by atoms with Gasteiger partial charge in [0.25, 0.3) is 5.91 Å². The van der Waals surface area contributed by atoms with Crippen molar-refractivity contribution in [2.75, 3.05) is 5.32 Å². The van der Waals surface area contributed by atoms with E-state index in [4.69, 9.17) is 0 Å². The van der Waals surface area contributed by atoms with E-state index in [2.05, 4.69) is 26.3 Å². The lowest BCUT2D eigenvalue weighted by molar-refractivity contribution is 0.101. The maximum atomic E-state index is 12.0. The lowest BCUT2D eigenvalue weighted by Crippen LogP contribution is -2.16. The van der Waals surface area contributed by atoms with Gasteiger partial charge in [-0.2, -0.15) is 5.10 Å². The molecule has 0 radical (unpaired) electrons. The van der Waals surface area contributed by atoms with Crippen LogP contribution in [-0.2, 0) is 7.05 Å². The molecule has 18 heavy (non-hydrogen) atoms. The zero-order valence-electron chi connectivity index (χ0n) is 10.5. The molecule has 1 heterocycles. The molecule has 94 valence electrons. The van der Waals surface area contributed by atoms with Crippen molar-refractivity contribution in [2.24, 2.45) is 7.05 Å². The second-order valence-corrected chi connectivity index (χ2v) is 5.01. The molecule has 0 bridgehead atoms. The van der Waals surface area contributed by atoms with E-state index < -0.39 is 0 Å². The summed E-state index contributed by atoms with van der Waals surface area (Å²) in [6.07, 6.45) is 1.60. The number of rotatable bonds is 2. The van der Waals surface area contributed by atoms with Crippen molar-refractivity contribution in [1.82, 2.24) is 9.78 Å². The van der Waals surface area contributed by atoms with E-state index in [1.54, 1.807) is 24.0 Å². The summed E-state index contributed by atoms with van der Waals surface area (Å²) in [5, 5.41) is 6.85. The third-order valence-corrected chi connectivity index (χ3v) is 4.00. The summed E-state index contributed by atoms with van der Waals surface area (Å²) in [7, 11) is 1.74. The first-order chi connectivity index (χ1) is 8.49. The highest BCUT2D eigenvalue weighted by Crippen LogP contribution is 2.25. The minimum atomic E-state index is -0.156. The van der Waals surface area contributed by atoms with Crippen LogP contribution in [0.3, 0.4) is 0 Å². The number of nitrogens with one attached hydrogen (secondary N) is 1. The highest BCUT2D eigenvalue weighted by atomic mass is 79.9. The van der Waals surface area contributed by atoms with E-state index in [0.717, 1.165) is 21.3 Å². The van der Waals surface area contributed by atoms with Gasteiger partial charge < -0.3 is 5.32 Å². The molecular formula is C13H14BrN3O. The Hall–Kier alpha value is -1.62. The van der Waals surface area contributed by atoms with Crippen molar-refractivity contribution in [2.45, 2.75) is 13.8 Å². The molecule has 2 aromatic rings. The zero-order valence-corrected chi connectivity index (χ0v) is 12.1. The molecule has 1 aromatic heterocycles. The number of amides is 1. The van der Waals surface area contributed by atoms with Crippen molar-refractivity contribution in [3.63, 3.8) is 0 Å². The summed E-state index contributed by atoms with van der Waals surface area (Å²) in [4.78, 5) is 12.0. The molecule has 0 spiro atoms. The van der Waals surface area contributed by atoms with Gasteiger partial charge in [-0.3, -0.25) is 9.48 Å². The number of anilines is 1. The Morgan fingerprint density at radius 2 is 1.94 bits per heavy atom. The fraction of sp³-hybridized carbons (Fsp3) is 0.231. The first-order valence-corrected chi connectivity index (χ1v) is 6.34. The maximum Gasteiger partial charge on any atom is 0.273 e. The van der Waals surface area contributed by atoms with Gasteiger partial charge in [0.1, 0.15) is 5.69 Å². The average molecular weight is 308 g/mol. The number of benzene rings is 1. The molecule has 0 saturated heterocycles. The third-order valence-electron chi connectivity index (χ3n) is 2.75. The van der Waals surface area contributed by atoms with Gasteiger partial charge in [0.05, 0.1) is 0 Å². The van der Waals surface area contributed by atoms with Crippen LogP contribution in [0.2, 0.25) is 0 Å². The Morgan fingerprint density at radius 1 is 1.33 bits per heavy atom. The summed E-state index contributed by atoms with van der Waals surface area (Å²) in [6, 6.07) is 5.56. The van der Waals surface area contributed by atoms with Crippen LogP contribution in [-0.4, -0.2) is 15.7 Å². The molecule has 1 amide bonds. The van der Waals surface area contributed by atoms with Gasteiger partial charge in [-0.1, -0.05) is 15.9 Å². The molecule has 0 aliphatic heterocycles. The monoisotopic (exact) mass is 307 g/mol. The van der Waals surface area contributed by atoms with Crippen LogP contribution in [0.5, 0.6) is 0 Å². The molecule has 0 saturated carbocycles. The zero-order chi connectivity index (χ0) is 13.3. The first kappa shape index (κ1) is 12.8. The predicted octanol–water partition coefficient (Wildman–Crippen LogP) is 3.05. The van der Waals surface area contributed by atoms with Crippen LogP contribution >= 0.6 is 15.9 Å². The smallest absolute Gasteiger partial charge is 0.273 e. The molecule has 0 atom stereocenters. The van der Waals surface area contributed by atoms with E-state index >= 15 is 0 Å². The largest absolute Gasteiger partial charge is 0.321 e. The molecule has 1 N–H and O–H groups in total. The van der Waals surface area contributed by atoms with E-state index in [1.165, 1.54) is 0 Å². The molecular weight excluding hydrogens is 294 g/mol. The highest BCUT2D eigenvalue weighted by Gasteiger charge is 2.11. The van der Waals surface area contributed by atoms with Crippen LogP contribution in [0, 0.1) is 13.8 Å². The number of nitrogens with zero attached hydrogens (tertiary/aromatic N) is 2. The molecule has 0 fully saturated rings. The lowest BCUT2D eigenvalue weighted by Gasteiger charge is -2.09. The van der Waals surface area contributed by atoms with E-state index in [9.17, 15) is 4.79 Å². The van der Waals surface area contributed by atoms with E-state index in [1.807, 2.05) is 26.0 Å². The van der Waals surface area contributed by atoms with Crippen molar-refractivity contribution >= 4 is 27.5 Å². The number of carbonyl (C=O) groups excluding carboxylic acids is 1. The number of halogens is 1. The van der Waals surface area contributed by atoms with Crippen LogP contribution in [0.15, 0.2) is 28.9 Å². The van der Waals surface area contributed by atoms with Gasteiger partial charge in [-0.05, 0) is 43.2 Å². The second-order valence-electron chi connectivity index (χ2n) is 4.22. The minimum Gasteiger partial charge on any atom is -0.321 e. The predicted molar refractivity (Wildman–Crippen MR) is 74.8 cm³/mol. The van der Waals surface area contributed by atoms with Crippen LogP contribution in [0.25, 0.3) is 0 Å². The molecule has 0 unspecified atom stereocenters. The van der Waals surface area contributed by atoms with E-state index in [-0.39, 0.29) is 5.91 Å². The summed E-state index contributed by atoms with van der Waals surface area (Å²) in [5.41, 5.74) is 3.51. The van der Waals surface area contributed by atoms with Gasteiger partial charge in [0, 0.05) is 23.4 Å². The van der Waals surface area contributed by atoms with Crippen molar-refractivity contribution in [3.05, 3.63) is 45.7 Å². The number of hydrogen-bond donors (Lipinski definition) is 1. The van der Waals surface area contributed by atoms with Crippen LogP contribution in [0.4, 0.5) is 5.69 Å². The van der Waals surface area contributed by atoms with Crippen molar-refractivity contribution < 1.29 is 4.79 Å². The van der Waals surface area contributed by atoms with Crippen molar-refractivity contribution in [1.29, 1.82) is 0 Å². The fourth-order valence-electron chi connectivity index (χ4n) is 1.81. The third kappa shape index (κ3) is 2.46. The average Bonchev–Trinajstić information content (AvgIpc) is 2.72. The Morgan fingerprint density at radius 3 is 2.44 bits per heavy atom. The molecule has 1 aromatic carbocycles. The van der Waals surface area contributed by atoms with Crippen LogP contribution < -0.4 is 5.32 Å². The summed E-state index contributed by atoms with van der Waals surface area (Å²) >= 11 is 3.50. The summed E-state index contributed by atoms with van der Waals surface area (Å²) < 4.78 is 2.62. The van der Waals surface area contributed by atoms with Gasteiger partial charge in [-0.25, -0.2) is 0 Å². The number of carbonyl (C=O) groups is 1. The normalized spacial score (nSPS) is 10.4. The van der Waals surface area contributed by atoms with E-state index in [0.29, 0.717) is 5.69 Å². The fourth-order valence-corrected chi connectivity index (χ4v) is 2.04. The molecule has 4 nitrogen and oxygen atoms in total. The summed E-state index contributed by atoms with van der Waals surface area (Å²) in [5.74, 6) is -0.156. The molecule has 2 rings (SSSR count). The Labute approximate surface area is 114 Å². The standard InChI is InChI=1S/C13H14BrN3O/c1-8-6-10(7-9(2)12(8)14)16-13(18)11-4-5-15-17(11)3/h4-7H,1-3H3,(H,16,18). The lowest BCUT2D eigenvalue weighted by atomic mass is 10.1. The van der Waals surface area contributed by atoms with Crippen LogP contribution in [0.1, 0.15) is 21.6 Å². The second kappa shape index (κ2) is 4.94. The molecule has 0 aliphatic carbocycles. The van der Waals surface area contributed by atoms with Gasteiger partial charge in [0.2, 0.25) is 0 Å². The highest BCUT2D eigenvalue weighted by molar-refractivity contribution is 9.10. The topological polar surface area (TPSA) is 46.9 Å². The molecule has 5 heteroatoms. The Balaban J connectivity index is 2.25. The minimum absolute atomic E-state index is 0.156.